The van der Waals surface area contributed by atoms with Crippen molar-refractivity contribution in [1.29, 1.82) is 0 Å². The van der Waals surface area contributed by atoms with Gasteiger partial charge in [-0.2, -0.15) is 0 Å². The molecule has 2 heteroatoms. The molecule has 0 unspecified atom stereocenters. The van der Waals surface area contributed by atoms with E-state index in [1.54, 1.807) is 0 Å². The molecule has 100 valence electrons. The summed E-state index contributed by atoms with van der Waals surface area (Å²) in [5, 5.41) is 1.26. The molecule has 0 aromatic rings. The van der Waals surface area contributed by atoms with Crippen LogP contribution in [0, 0.1) is 0 Å². The van der Waals surface area contributed by atoms with Gasteiger partial charge in [-0.1, -0.05) is 0 Å². The predicted octanol–water partition coefficient (Wildman–Crippen LogP) is 3.08. The minimum atomic E-state index is 1.03. The van der Waals surface area contributed by atoms with Gasteiger partial charge in [-0.15, -0.1) is 0 Å². The SMILES string of the molecule is CC[N+](CC)=c1ccc2cc3c(oc-2c1)CCCC3. The van der Waals surface area contributed by atoms with Crippen LogP contribution in [0.5, 0.6) is 0 Å². The number of benzene rings is 1. The zero-order chi connectivity index (χ0) is 13.2. The monoisotopic (exact) mass is 256 g/mol. The Labute approximate surface area is 114 Å². The van der Waals surface area contributed by atoms with Crippen LogP contribution in [-0.2, 0) is 12.8 Å². The molecule has 0 aromatic carbocycles. The van der Waals surface area contributed by atoms with Crippen molar-refractivity contribution in [2.75, 3.05) is 13.1 Å². The Bertz CT molecular complexity index is 618. The Morgan fingerprint density at radius 2 is 1.84 bits per heavy atom. The van der Waals surface area contributed by atoms with Gasteiger partial charge in [0.25, 0.3) is 0 Å². The van der Waals surface area contributed by atoms with E-state index in [1.807, 2.05) is 0 Å². The van der Waals surface area contributed by atoms with Crippen molar-refractivity contribution in [3.63, 3.8) is 0 Å². The minimum absolute atomic E-state index is 1.03. The summed E-state index contributed by atoms with van der Waals surface area (Å²) in [7, 11) is 0. The van der Waals surface area contributed by atoms with E-state index in [-0.39, 0.29) is 0 Å². The molecule has 0 aromatic heterocycles. The maximum atomic E-state index is 6.14. The van der Waals surface area contributed by atoms with Gasteiger partial charge in [-0.3, -0.25) is 0 Å². The molecule has 0 radical (unpaired) electrons. The van der Waals surface area contributed by atoms with E-state index in [4.69, 9.17) is 4.42 Å². The number of fused-ring (bicyclic) bond motifs is 2. The standard InChI is InChI=1S/C17H22NO/c1-3-18(4-2)15-10-9-14-11-13-7-5-6-8-16(13)19-17(14)12-15/h9-12H,3-8H2,1-2H3/q+1. The Morgan fingerprint density at radius 3 is 2.63 bits per heavy atom. The average Bonchev–Trinajstić information content (AvgIpc) is 2.46. The molecule has 19 heavy (non-hydrogen) atoms. The average molecular weight is 256 g/mol. The summed E-state index contributed by atoms with van der Waals surface area (Å²) >= 11 is 0. The highest BCUT2D eigenvalue weighted by atomic mass is 16.3. The molecule has 0 N–H and O–H groups in total. The fourth-order valence-corrected chi connectivity index (χ4v) is 3.01. The lowest BCUT2D eigenvalue weighted by molar-refractivity contribution is 0.463. The molecule has 2 nitrogen and oxygen atoms in total. The zero-order valence-corrected chi connectivity index (χ0v) is 11.9. The van der Waals surface area contributed by atoms with E-state index in [2.05, 4.69) is 42.7 Å². The Balaban J connectivity index is 2.19. The summed E-state index contributed by atoms with van der Waals surface area (Å²) in [6.07, 6.45) is 4.83. The molecule has 0 saturated carbocycles. The van der Waals surface area contributed by atoms with Crippen LogP contribution in [0.25, 0.3) is 11.3 Å². The maximum absolute atomic E-state index is 6.14. The molecular weight excluding hydrogens is 234 g/mol. The van der Waals surface area contributed by atoms with Crippen molar-refractivity contribution in [3.8, 4) is 11.3 Å². The fraction of sp³-hybridized carbons (Fsp3) is 0.471. The molecule has 1 heterocycles. The summed E-state index contributed by atoms with van der Waals surface area (Å²) in [5.41, 5.74) is 2.64. The predicted molar refractivity (Wildman–Crippen MR) is 78.3 cm³/mol. The van der Waals surface area contributed by atoms with Crippen LogP contribution in [0.3, 0.4) is 0 Å². The third-order valence-electron chi connectivity index (χ3n) is 4.15. The van der Waals surface area contributed by atoms with Gasteiger partial charge in [0.2, 0.25) is 5.36 Å². The lowest BCUT2D eigenvalue weighted by Crippen LogP contribution is -2.29. The first-order valence-corrected chi connectivity index (χ1v) is 7.45. The van der Waals surface area contributed by atoms with E-state index in [0.717, 1.165) is 25.3 Å². The Hall–Kier alpha value is -1.57. The molecule has 3 aliphatic rings. The summed E-state index contributed by atoms with van der Waals surface area (Å²) in [4.78, 5) is 0. The summed E-state index contributed by atoms with van der Waals surface area (Å²) in [5.74, 6) is 2.24. The highest BCUT2D eigenvalue weighted by Gasteiger charge is 2.16. The van der Waals surface area contributed by atoms with Crippen LogP contribution in [0.15, 0.2) is 28.7 Å². The topological polar surface area (TPSA) is 16.1 Å². The molecule has 0 fully saturated rings. The molecule has 3 rings (SSSR count). The van der Waals surface area contributed by atoms with E-state index in [9.17, 15) is 0 Å². The van der Waals surface area contributed by atoms with Crippen molar-refractivity contribution in [3.05, 3.63) is 40.9 Å². The van der Waals surface area contributed by atoms with Crippen molar-refractivity contribution < 1.29 is 4.42 Å². The van der Waals surface area contributed by atoms with Crippen molar-refractivity contribution >= 4 is 0 Å². The number of hydrogen-bond acceptors (Lipinski definition) is 1. The highest BCUT2D eigenvalue weighted by molar-refractivity contribution is 5.59. The van der Waals surface area contributed by atoms with E-state index < -0.39 is 0 Å². The molecule has 0 bridgehead atoms. The smallest absolute Gasteiger partial charge is 0.203 e. The molecule has 0 atom stereocenters. The first-order chi connectivity index (χ1) is 9.31. The van der Waals surface area contributed by atoms with Crippen LogP contribution in [0.1, 0.15) is 38.0 Å². The van der Waals surface area contributed by atoms with Gasteiger partial charge in [-0.05, 0) is 50.8 Å². The van der Waals surface area contributed by atoms with Gasteiger partial charge in [0.15, 0.2) is 0 Å². The van der Waals surface area contributed by atoms with Gasteiger partial charge < -0.3 is 4.42 Å². The third kappa shape index (κ3) is 2.32. The molecule has 2 aliphatic carbocycles. The molecular formula is C17H22NO+. The Morgan fingerprint density at radius 1 is 1.05 bits per heavy atom. The van der Waals surface area contributed by atoms with Crippen LogP contribution >= 0.6 is 0 Å². The van der Waals surface area contributed by atoms with E-state index in [1.165, 1.54) is 41.5 Å². The van der Waals surface area contributed by atoms with Gasteiger partial charge in [0.05, 0.1) is 6.07 Å². The lowest BCUT2D eigenvalue weighted by atomic mass is 9.95. The van der Waals surface area contributed by atoms with Crippen LogP contribution in [0.2, 0.25) is 0 Å². The maximum Gasteiger partial charge on any atom is 0.203 e. The van der Waals surface area contributed by atoms with Crippen LogP contribution in [0.4, 0.5) is 0 Å². The molecule has 0 spiro atoms. The quantitative estimate of drug-likeness (QED) is 0.754. The van der Waals surface area contributed by atoms with E-state index >= 15 is 0 Å². The number of nitrogens with zero attached hydrogens (tertiary/aromatic N) is 1. The van der Waals surface area contributed by atoms with Gasteiger partial charge >= 0.3 is 0 Å². The third-order valence-corrected chi connectivity index (χ3v) is 4.15. The van der Waals surface area contributed by atoms with Crippen LogP contribution in [-0.4, -0.2) is 13.1 Å². The van der Waals surface area contributed by atoms with Gasteiger partial charge in [0, 0.05) is 18.1 Å². The van der Waals surface area contributed by atoms with Crippen molar-refractivity contribution in [2.45, 2.75) is 39.5 Å². The number of hydrogen-bond donors (Lipinski definition) is 0. The molecule has 0 amide bonds. The summed E-state index contributed by atoms with van der Waals surface area (Å²) in [6, 6.07) is 8.91. The second-order valence-corrected chi connectivity index (χ2v) is 5.30. The Kier molecular flexibility index (Phi) is 3.41. The lowest BCUT2D eigenvalue weighted by Gasteiger charge is -2.17. The minimum Gasteiger partial charge on any atom is -0.461 e. The molecule has 0 saturated heterocycles. The first-order valence-electron chi connectivity index (χ1n) is 7.45. The summed E-state index contributed by atoms with van der Waals surface area (Å²) in [6.45, 7) is 6.45. The summed E-state index contributed by atoms with van der Waals surface area (Å²) < 4.78 is 8.49. The van der Waals surface area contributed by atoms with Gasteiger partial charge in [0.1, 0.15) is 24.6 Å². The second-order valence-electron chi connectivity index (χ2n) is 5.30. The van der Waals surface area contributed by atoms with E-state index in [0.29, 0.717) is 0 Å². The largest absolute Gasteiger partial charge is 0.461 e. The van der Waals surface area contributed by atoms with Crippen molar-refractivity contribution in [2.24, 2.45) is 0 Å². The highest BCUT2D eigenvalue weighted by Crippen LogP contribution is 2.29. The second kappa shape index (κ2) is 5.20. The van der Waals surface area contributed by atoms with Gasteiger partial charge in [-0.25, -0.2) is 4.58 Å². The fourth-order valence-electron chi connectivity index (χ4n) is 3.01. The number of rotatable bonds is 2. The number of aryl methyl sites for hydroxylation is 2. The van der Waals surface area contributed by atoms with Crippen molar-refractivity contribution in [1.82, 2.24) is 4.58 Å². The first kappa shape index (κ1) is 12.5. The zero-order valence-electron chi connectivity index (χ0n) is 11.9. The normalized spacial score (nSPS) is 14.4. The molecule has 1 aliphatic heterocycles. The van der Waals surface area contributed by atoms with Crippen LogP contribution < -0.4 is 9.93 Å².